The van der Waals surface area contributed by atoms with E-state index in [1.807, 2.05) is 31.4 Å². The van der Waals surface area contributed by atoms with Crippen molar-refractivity contribution in [3.8, 4) is 0 Å². The number of amides is 1. The zero-order valence-corrected chi connectivity index (χ0v) is 15.6. The van der Waals surface area contributed by atoms with Gasteiger partial charge in [0.05, 0.1) is 12.7 Å². The van der Waals surface area contributed by atoms with Crippen molar-refractivity contribution in [3.63, 3.8) is 0 Å². The average Bonchev–Trinajstić information content (AvgIpc) is 3.09. The van der Waals surface area contributed by atoms with Crippen LogP contribution < -0.4 is 11.1 Å². The van der Waals surface area contributed by atoms with E-state index in [-0.39, 0.29) is 29.7 Å². The molecule has 0 saturated heterocycles. The monoisotopic (exact) mass is 432 g/mol. The molecule has 0 bridgehead atoms. The van der Waals surface area contributed by atoms with Crippen LogP contribution in [0, 0.1) is 0 Å². The maximum atomic E-state index is 11.0. The normalized spacial score (nSPS) is 11.0. The van der Waals surface area contributed by atoms with Gasteiger partial charge in [-0.1, -0.05) is 0 Å². The Morgan fingerprint density at radius 2 is 2.26 bits per heavy atom. The summed E-state index contributed by atoms with van der Waals surface area (Å²) in [4.78, 5) is 17.2. The number of guanidine groups is 1. The summed E-state index contributed by atoms with van der Waals surface area (Å²) in [6.07, 6.45) is 3.77. The molecule has 0 aliphatic carbocycles. The Kier molecular flexibility index (Phi) is 7.07. The molecule has 8 nitrogen and oxygen atoms in total. The van der Waals surface area contributed by atoms with Gasteiger partial charge in [0.2, 0.25) is 0 Å². The van der Waals surface area contributed by atoms with Crippen LogP contribution >= 0.6 is 24.0 Å². The maximum absolute atomic E-state index is 11.0. The van der Waals surface area contributed by atoms with Crippen LogP contribution in [0.1, 0.15) is 21.9 Å². The standard InChI is InChI=1S/C14H20N6O2.HI/c1-16-14(19(2)8-10-6-18-20(3)9-10)17-7-11-4-5-12(22-11)13(15)21;/h4-6,9H,7-8H2,1-3H3,(H2,15,21)(H,16,17);1H. The molecule has 0 saturated carbocycles. The van der Waals surface area contributed by atoms with Crippen molar-refractivity contribution in [2.24, 2.45) is 17.8 Å². The predicted octanol–water partition coefficient (Wildman–Crippen LogP) is 0.937. The highest BCUT2D eigenvalue weighted by molar-refractivity contribution is 14.0. The van der Waals surface area contributed by atoms with E-state index >= 15 is 0 Å². The molecule has 23 heavy (non-hydrogen) atoms. The quantitative estimate of drug-likeness (QED) is 0.416. The fourth-order valence-electron chi connectivity index (χ4n) is 2.06. The van der Waals surface area contributed by atoms with Crippen molar-refractivity contribution in [1.29, 1.82) is 0 Å². The molecular formula is C14H21IN6O2. The lowest BCUT2D eigenvalue weighted by Gasteiger charge is -2.21. The van der Waals surface area contributed by atoms with E-state index in [1.165, 1.54) is 0 Å². The number of nitrogens with zero attached hydrogens (tertiary/aromatic N) is 4. The summed E-state index contributed by atoms with van der Waals surface area (Å²) in [5.41, 5.74) is 6.24. The van der Waals surface area contributed by atoms with Crippen molar-refractivity contribution in [2.75, 3.05) is 14.1 Å². The molecule has 0 fully saturated rings. The number of nitrogens with two attached hydrogens (primary N) is 1. The summed E-state index contributed by atoms with van der Waals surface area (Å²) in [5.74, 6) is 0.894. The molecule has 9 heteroatoms. The molecule has 126 valence electrons. The van der Waals surface area contributed by atoms with Crippen LogP contribution in [-0.2, 0) is 20.1 Å². The van der Waals surface area contributed by atoms with E-state index < -0.39 is 5.91 Å². The van der Waals surface area contributed by atoms with Crippen LogP contribution in [0.15, 0.2) is 33.9 Å². The minimum atomic E-state index is -0.579. The van der Waals surface area contributed by atoms with Crippen LogP contribution in [-0.4, -0.2) is 40.6 Å². The number of primary amides is 1. The van der Waals surface area contributed by atoms with Crippen LogP contribution in [0.3, 0.4) is 0 Å². The summed E-state index contributed by atoms with van der Waals surface area (Å²) >= 11 is 0. The first-order valence-electron chi connectivity index (χ1n) is 6.77. The molecule has 0 aromatic carbocycles. The molecule has 2 aromatic heterocycles. The number of halogens is 1. The third kappa shape index (κ3) is 5.27. The Labute approximate surface area is 151 Å². The second kappa shape index (κ2) is 8.56. The first kappa shape index (κ1) is 19.0. The third-order valence-electron chi connectivity index (χ3n) is 3.08. The number of aliphatic imine (C=N–C) groups is 1. The van der Waals surface area contributed by atoms with Gasteiger partial charge in [-0.3, -0.25) is 14.5 Å². The molecule has 0 aliphatic rings. The van der Waals surface area contributed by atoms with E-state index in [4.69, 9.17) is 10.2 Å². The average molecular weight is 432 g/mol. The Bertz CT molecular complexity index is 678. The molecule has 0 atom stereocenters. The Morgan fingerprint density at radius 1 is 1.52 bits per heavy atom. The van der Waals surface area contributed by atoms with Gasteiger partial charge in [-0.25, -0.2) is 0 Å². The molecule has 0 spiro atoms. The first-order chi connectivity index (χ1) is 10.5. The molecule has 2 aromatic rings. The number of aryl methyl sites for hydroxylation is 1. The van der Waals surface area contributed by atoms with Gasteiger partial charge in [0.25, 0.3) is 5.91 Å². The minimum absolute atomic E-state index is 0. The first-order valence-corrected chi connectivity index (χ1v) is 6.77. The van der Waals surface area contributed by atoms with Crippen LogP contribution in [0.5, 0.6) is 0 Å². The lowest BCUT2D eigenvalue weighted by molar-refractivity contribution is 0.0972. The topological polar surface area (TPSA) is 102 Å². The number of nitrogens with one attached hydrogen (secondary N) is 1. The molecular weight excluding hydrogens is 411 g/mol. The number of carbonyl (C=O) groups is 1. The molecule has 2 heterocycles. The van der Waals surface area contributed by atoms with Crippen molar-refractivity contribution in [3.05, 3.63) is 41.6 Å². The molecule has 1 amide bonds. The largest absolute Gasteiger partial charge is 0.454 e. The van der Waals surface area contributed by atoms with E-state index in [0.717, 1.165) is 5.56 Å². The van der Waals surface area contributed by atoms with E-state index in [9.17, 15) is 4.79 Å². The third-order valence-corrected chi connectivity index (χ3v) is 3.08. The maximum Gasteiger partial charge on any atom is 0.284 e. The lowest BCUT2D eigenvalue weighted by atomic mass is 10.3. The van der Waals surface area contributed by atoms with E-state index in [0.29, 0.717) is 24.8 Å². The van der Waals surface area contributed by atoms with Gasteiger partial charge >= 0.3 is 0 Å². The number of aromatic nitrogens is 2. The van der Waals surface area contributed by atoms with E-state index in [1.54, 1.807) is 23.9 Å². The summed E-state index contributed by atoms with van der Waals surface area (Å²) in [7, 11) is 5.52. The zero-order valence-electron chi connectivity index (χ0n) is 13.3. The number of furan rings is 1. The number of hydrogen-bond acceptors (Lipinski definition) is 4. The Morgan fingerprint density at radius 3 is 2.78 bits per heavy atom. The van der Waals surface area contributed by atoms with Gasteiger partial charge in [-0.05, 0) is 12.1 Å². The Balaban J connectivity index is 0.00000264. The highest BCUT2D eigenvalue weighted by Crippen LogP contribution is 2.07. The highest BCUT2D eigenvalue weighted by atomic mass is 127. The zero-order chi connectivity index (χ0) is 16.1. The van der Waals surface area contributed by atoms with Gasteiger partial charge in [-0.15, -0.1) is 24.0 Å². The van der Waals surface area contributed by atoms with Crippen molar-refractivity contribution < 1.29 is 9.21 Å². The molecule has 3 N–H and O–H groups in total. The summed E-state index contributed by atoms with van der Waals surface area (Å²) in [6.45, 7) is 1.09. The molecule has 2 rings (SSSR count). The predicted molar refractivity (Wildman–Crippen MR) is 97.5 cm³/mol. The van der Waals surface area contributed by atoms with E-state index in [2.05, 4.69) is 15.4 Å². The lowest BCUT2D eigenvalue weighted by Crippen LogP contribution is -2.37. The number of rotatable bonds is 5. The fourth-order valence-corrected chi connectivity index (χ4v) is 2.06. The number of carbonyl (C=O) groups excluding carboxylic acids is 1. The van der Waals surface area contributed by atoms with Gasteiger partial charge in [-0.2, -0.15) is 5.10 Å². The smallest absolute Gasteiger partial charge is 0.284 e. The van der Waals surface area contributed by atoms with Crippen LogP contribution in [0.2, 0.25) is 0 Å². The van der Waals surface area contributed by atoms with Crippen LogP contribution in [0.25, 0.3) is 0 Å². The van der Waals surface area contributed by atoms with Crippen molar-refractivity contribution in [2.45, 2.75) is 13.1 Å². The molecule has 0 unspecified atom stereocenters. The number of hydrogen-bond donors (Lipinski definition) is 2. The van der Waals surface area contributed by atoms with Gasteiger partial charge in [0.15, 0.2) is 11.7 Å². The summed E-state index contributed by atoms with van der Waals surface area (Å²) in [6, 6.07) is 3.27. The summed E-state index contributed by atoms with van der Waals surface area (Å²) in [5, 5.41) is 7.31. The SMILES string of the molecule is CN=C(NCc1ccc(C(N)=O)o1)N(C)Cc1cnn(C)c1.I. The second-order valence-corrected chi connectivity index (χ2v) is 4.91. The van der Waals surface area contributed by atoms with Gasteiger partial charge in [0, 0.05) is 39.4 Å². The van der Waals surface area contributed by atoms with Crippen molar-refractivity contribution in [1.82, 2.24) is 20.0 Å². The fraction of sp³-hybridized carbons (Fsp3) is 0.357. The molecule has 0 aliphatic heterocycles. The van der Waals surface area contributed by atoms with Crippen molar-refractivity contribution >= 4 is 35.8 Å². The summed E-state index contributed by atoms with van der Waals surface area (Å²) < 4.78 is 7.07. The Hall–Kier alpha value is -2.04. The highest BCUT2D eigenvalue weighted by Gasteiger charge is 2.10. The van der Waals surface area contributed by atoms with Gasteiger partial charge < -0.3 is 20.4 Å². The molecule has 0 radical (unpaired) electrons. The van der Waals surface area contributed by atoms with Crippen LogP contribution in [0.4, 0.5) is 0 Å². The minimum Gasteiger partial charge on any atom is -0.454 e. The second-order valence-electron chi connectivity index (χ2n) is 4.91. The van der Waals surface area contributed by atoms with Gasteiger partial charge in [0.1, 0.15) is 5.76 Å².